The van der Waals surface area contributed by atoms with Gasteiger partial charge in [0, 0.05) is 11.5 Å². The lowest BCUT2D eigenvalue weighted by molar-refractivity contribution is -0.128. The van der Waals surface area contributed by atoms with E-state index < -0.39 is 16.1 Å². The molecule has 0 saturated heterocycles. The van der Waals surface area contributed by atoms with Gasteiger partial charge in [0.25, 0.3) is 0 Å². The number of carbonyl (C=O) groups is 1. The molecular formula is C14H12O4S. The quantitative estimate of drug-likeness (QED) is 0.638. The van der Waals surface area contributed by atoms with Crippen molar-refractivity contribution in [1.29, 1.82) is 0 Å². The van der Waals surface area contributed by atoms with Crippen LogP contribution >= 0.6 is 0 Å². The molecule has 0 aliphatic heterocycles. The molecule has 0 bridgehead atoms. The Labute approximate surface area is 111 Å². The number of carbonyl (C=O) groups excluding carboxylic acids is 1. The summed E-state index contributed by atoms with van der Waals surface area (Å²) in [5.41, 5.74) is 0. The average Bonchev–Trinajstić information content (AvgIpc) is 2.37. The maximum atomic E-state index is 12.1. The van der Waals surface area contributed by atoms with Crippen molar-refractivity contribution in [1.82, 2.24) is 0 Å². The van der Waals surface area contributed by atoms with Gasteiger partial charge in [-0.05, 0) is 18.4 Å². The molecule has 2 rings (SSSR count). The minimum Gasteiger partial charge on any atom is -0.338 e. The largest absolute Gasteiger partial charge is 0.346 e. The molecule has 4 nitrogen and oxygen atoms in total. The zero-order valence-electron chi connectivity index (χ0n) is 10.2. The first-order valence-electron chi connectivity index (χ1n) is 5.63. The number of rotatable bonds is 3. The van der Waals surface area contributed by atoms with Crippen LogP contribution in [0.2, 0.25) is 0 Å². The molecule has 0 spiro atoms. The summed E-state index contributed by atoms with van der Waals surface area (Å²) in [5, 5.41) is 1.30. The molecule has 0 heterocycles. The normalized spacial score (nSPS) is 11.8. The predicted octanol–water partition coefficient (Wildman–Crippen LogP) is 2.65. The van der Waals surface area contributed by atoms with Crippen molar-refractivity contribution in [2.45, 2.75) is 11.8 Å². The van der Waals surface area contributed by atoms with E-state index in [1.807, 2.05) is 6.07 Å². The molecule has 0 N–H and O–H groups in total. The van der Waals surface area contributed by atoms with Crippen molar-refractivity contribution in [2.24, 2.45) is 0 Å². The highest BCUT2D eigenvalue weighted by atomic mass is 32.2. The van der Waals surface area contributed by atoms with Gasteiger partial charge in [0.15, 0.2) is 0 Å². The standard InChI is InChI=1S/C14H12O4S/c1-2-6-14(15)18-19(16,17)13-10-5-8-11-7-3-4-9-12(11)13/h2-10H,1H3. The third kappa shape index (κ3) is 2.82. The zero-order valence-corrected chi connectivity index (χ0v) is 11.1. The Bertz CT molecular complexity index is 740. The summed E-state index contributed by atoms with van der Waals surface area (Å²) in [6.07, 6.45) is 2.48. The van der Waals surface area contributed by atoms with Crippen LogP contribution in [0.1, 0.15) is 6.92 Å². The molecule has 0 radical (unpaired) electrons. The van der Waals surface area contributed by atoms with E-state index in [1.54, 1.807) is 37.3 Å². The van der Waals surface area contributed by atoms with Crippen molar-refractivity contribution in [3.63, 3.8) is 0 Å². The van der Waals surface area contributed by atoms with Crippen molar-refractivity contribution in [2.75, 3.05) is 0 Å². The van der Waals surface area contributed by atoms with Crippen molar-refractivity contribution in [3.8, 4) is 0 Å². The van der Waals surface area contributed by atoms with E-state index in [4.69, 9.17) is 0 Å². The van der Waals surface area contributed by atoms with Crippen LogP contribution in [0, 0.1) is 0 Å². The summed E-state index contributed by atoms with van der Waals surface area (Å²) in [6, 6.07) is 11.8. The van der Waals surface area contributed by atoms with E-state index in [0.717, 1.165) is 11.5 Å². The highest BCUT2D eigenvalue weighted by molar-refractivity contribution is 7.87. The predicted molar refractivity (Wildman–Crippen MR) is 72.0 cm³/mol. The van der Waals surface area contributed by atoms with Gasteiger partial charge in [0.2, 0.25) is 0 Å². The number of benzene rings is 2. The molecule has 0 saturated carbocycles. The second kappa shape index (κ2) is 5.24. The van der Waals surface area contributed by atoms with Crippen LogP contribution in [-0.4, -0.2) is 14.4 Å². The Kier molecular flexibility index (Phi) is 3.66. The Morgan fingerprint density at radius 1 is 1.11 bits per heavy atom. The SMILES string of the molecule is CC=CC(=O)OS(=O)(=O)c1cccc2ccccc12. The molecule has 0 aliphatic rings. The zero-order chi connectivity index (χ0) is 13.9. The van der Waals surface area contributed by atoms with E-state index in [9.17, 15) is 13.2 Å². The first-order valence-corrected chi connectivity index (χ1v) is 7.04. The van der Waals surface area contributed by atoms with Crippen LogP contribution in [0.4, 0.5) is 0 Å². The molecule has 0 fully saturated rings. The first kappa shape index (κ1) is 13.3. The molecule has 19 heavy (non-hydrogen) atoms. The molecule has 0 aliphatic carbocycles. The van der Waals surface area contributed by atoms with Gasteiger partial charge in [-0.1, -0.05) is 42.5 Å². The molecular weight excluding hydrogens is 264 g/mol. The second-order valence-corrected chi connectivity index (χ2v) is 5.35. The van der Waals surface area contributed by atoms with Gasteiger partial charge in [0.1, 0.15) is 4.90 Å². The molecule has 2 aromatic rings. The number of hydrogen-bond donors (Lipinski definition) is 0. The Hall–Kier alpha value is -2.14. The monoisotopic (exact) mass is 276 g/mol. The summed E-state index contributed by atoms with van der Waals surface area (Å²) in [4.78, 5) is 11.3. The van der Waals surface area contributed by atoms with Gasteiger partial charge < -0.3 is 4.18 Å². The van der Waals surface area contributed by atoms with Crippen LogP contribution in [0.3, 0.4) is 0 Å². The summed E-state index contributed by atoms with van der Waals surface area (Å²) >= 11 is 0. The van der Waals surface area contributed by atoms with Gasteiger partial charge >= 0.3 is 16.1 Å². The number of fused-ring (bicyclic) bond motifs is 1. The van der Waals surface area contributed by atoms with Gasteiger partial charge in [-0.2, -0.15) is 8.42 Å². The van der Waals surface area contributed by atoms with Crippen molar-refractivity contribution < 1.29 is 17.4 Å². The van der Waals surface area contributed by atoms with Gasteiger partial charge in [0.05, 0.1) is 0 Å². The minimum atomic E-state index is -4.11. The summed E-state index contributed by atoms with van der Waals surface area (Å²) < 4.78 is 28.6. The highest BCUT2D eigenvalue weighted by Gasteiger charge is 2.21. The molecule has 5 heteroatoms. The Balaban J connectivity index is 2.52. The van der Waals surface area contributed by atoms with Crippen molar-refractivity contribution in [3.05, 3.63) is 54.6 Å². The van der Waals surface area contributed by atoms with E-state index in [2.05, 4.69) is 4.18 Å². The van der Waals surface area contributed by atoms with E-state index in [0.29, 0.717) is 5.39 Å². The van der Waals surface area contributed by atoms with Crippen LogP contribution in [0.15, 0.2) is 59.5 Å². The second-order valence-electron chi connectivity index (χ2n) is 3.83. The molecule has 0 atom stereocenters. The molecule has 0 unspecified atom stereocenters. The average molecular weight is 276 g/mol. The highest BCUT2D eigenvalue weighted by Crippen LogP contribution is 2.24. The fourth-order valence-electron chi connectivity index (χ4n) is 1.73. The lowest BCUT2D eigenvalue weighted by atomic mass is 10.1. The number of hydrogen-bond acceptors (Lipinski definition) is 4. The third-order valence-corrected chi connectivity index (χ3v) is 3.79. The molecule has 0 amide bonds. The number of allylic oxidation sites excluding steroid dienone is 1. The maximum absolute atomic E-state index is 12.1. The Morgan fingerprint density at radius 3 is 2.53 bits per heavy atom. The minimum absolute atomic E-state index is 0.0107. The fourth-order valence-corrected chi connectivity index (χ4v) is 2.79. The maximum Gasteiger partial charge on any atom is 0.346 e. The lowest BCUT2D eigenvalue weighted by Crippen LogP contribution is -2.11. The Morgan fingerprint density at radius 2 is 1.79 bits per heavy atom. The van der Waals surface area contributed by atoms with E-state index in [-0.39, 0.29) is 4.90 Å². The molecule has 0 aromatic heterocycles. The summed E-state index contributed by atoms with van der Waals surface area (Å²) in [7, 11) is -4.11. The van der Waals surface area contributed by atoms with E-state index in [1.165, 1.54) is 12.1 Å². The summed E-state index contributed by atoms with van der Waals surface area (Å²) in [6.45, 7) is 1.60. The summed E-state index contributed by atoms with van der Waals surface area (Å²) in [5.74, 6) is -0.907. The smallest absolute Gasteiger partial charge is 0.338 e. The van der Waals surface area contributed by atoms with Gasteiger partial charge in [-0.15, -0.1) is 0 Å². The first-order chi connectivity index (χ1) is 9.04. The van der Waals surface area contributed by atoms with Crippen LogP contribution in [0.25, 0.3) is 10.8 Å². The van der Waals surface area contributed by atoms with Crippen LogP contribution in [-0.2, 0) is 19.1 Å². The molecule has 2 aromatic carbocycles. The van der Waals surface area contributed by atoms with E-state index >= 15 is 0 Å². The topological polar surface area (TPSA) is 60.4 Å². The molecule has 98 valence electrons. The van der Waals surface area contributed by atoms with Gasteiger partial charge in [-0.25, -0.2) is 4.79 Å². The third-order valence-electron chi connectivity index (χ3n) is 2.51. The van der Waals surface area contributed by atoms with Crippen LogP contribution in [0.5, 0.6) is 0 Å². The van der Waals surface area contributed by atoms with Gasteiger partial charge in [-0.3, -0.25) is 0 Å². The lowest BCUT2D eigenvalue weighted by Gasteiger charge is -2.07. The van der Waals surface area contributed by atoms with Crippen LogP contribution < -0.4 is 0 Å². The van der Waals surface area contributed by atoms with Crippen molar-refractivity contribution >= 4 is 26.9 Å². The fraction of sp³-hybridized carbons (Fsp3) is 0.0714.